The van der Waals surface area contributed by atoms with Gasteiger partial charge in [-0.3, -0.25) is 4.79 Å². The van der Waals surface area contributed by atoms with Crippen LogP contribution in [0.15, 0.2) is 52.3 Å². The van der Waals surface area contributed by atoms with Crippen LogP contribution in [0.5, 0.6) is 5.75 Å². The predicted molar refractivity (Wildman–Crippen MR) is 130 cm³/mol. The van der Waals surface area contributed by atoms with Crippen LogP contribution >= 0.6 is 0 Å². The van der Waals surface area contributed by atoms with Crippen LogP contribution in [0.1, 0.15) is 25.3 Å². The van der Waals surface area contributed by atoms with Crippen molar-refractivity contribution in [3.05, 3.63) is 48.0 Å². The molecule has 186 valence electrons. The number of hydrogen-bond donors (Lipinski definition) is 1. The number of carbonyl (C=O) groups excluding carboxylic acids is 1. The molecule has 9 nitrogen and oxygen atoms in total. The number of ether oxygens (including phenoxy) is 1. The van der Waals surface area contributed by atoms with Crippen LogP contribution in [0.2, 0.25) is 0 Å². The third kappa shape index (κ3) is 5.60. The Balaban J connectivity index is 1.76. The zero-order valence-corrected chi connectivity index (χ0v) is 21.4. The lowest BCUT2D eigenvalue weighted by molar-refractivity contribution is -0.120. The van der Waals surface area contributed by atoms with E-state index in [0.29, 0.717) is 43.0 Å². The van der Waals surface area contributed by atoms with Crippen molar-refractivity contribution in [2.45, 2.75) is 36.5 Å². The molecule has 3 rings (SSSR count). The summed E-state index contributed by atoms with van der Waals surface area (Å²) in [6.07, 6.45) is 1.08. The Hall–Kier alpha value is -2.47. The summed E-state index contributed by atoms with van der Waals surface area (Å²) in [5.41, 5.74) is 1.10. The van der Waals surface area contributed by atoms with Gasteiger partial charge in [0, 0.05) is 32.9 Å². The summed E-state index contributed by atoms with van der Waals surface area (Å²) in [6, 6.07) is 10.8. The quantitative estimate of drug-likeness (QED) is 0.585. The van der Waals surface area contributed by atoms with Gasteiger partial charge in [-0.2, -0.15) is 4.31 Å². The minimum Gasteiger partial charge on any atom is -0.494 e. The lowest BCUT2D eigenvalue weighted by Crippen LogP contribution is -2.43. The van der Waals surface area contributed by atoms with E-state index >= 15 is 0 Å². The SMILES string of the molecule is CCOc1ccc(S(=O)(=O)N2CCC[C@H](C(=O)Nc3cc(S(=O)(=O)N(C)C)ccc3C)C2)cc1. The smallest absolute Gasteiger partial charge is 0.243 e. The summed E-state index contributed by atoms with van der Waals surface area (Å²) in [4.78, 5) is 13.2. The molecular formula is C23H31N3O6S2. The second-order valence-electron chi connectivity index (χ2n) is 8.36. The molecule has 1 saturated heterocycles. The number of rotatable bonds is 8. The van der Waals surface area contributed by atoms with Gasteiger partial charge >= 0.3 is 0 Å². The zero-order valence-electron chi connectivity index (χ0n) is 19.8. The van der Waals surface area contributed by atoms with Crippen LogP contribution in [-0.2, 0) is 24.8 Å². The van der Waals surface area contributed by atoms with Crippen molar-refractivity contribution in [1.82, 2.24) is 8.61 Å². The topological polar surface area (TPSA) is 113 Å². The largest absolute Gasteiger partial charge is 0.494 e. The van der Waals surface area contributed by atoms with E-state index in [4.69, 9.17) is 4.74 Å². The maximum absolute atomic E-state index is 13.1. The number of piperidine rings is 1. The number of nitrogens with one attached hydrogen (secondary N) is 1. The Morgan fingerprint density at radius 3 is 2.35 bits per heavy atom. The van der Waals surface area contributed by atoms with Crippen LogP contribution in [0.4, 0.5) is 5.69 Å². The Morgan fingerprint density at radius 2 is 1.74 bits per heavy atom. The molecule has 0 saturated carbocycles. The van der Waals surface area contributed by atoms with Crippen molar-refractivity contribution in [2.75, 3.05) is 39.1 Å². The van der Waals surface area contributed by atoms with Crippen molar-refractivity contribution < 1.29 is 26.4 Å². The molecule has 1 N–H and O–H groups in total. The molecule has 1 aliphatic heterocycles. The van der Waals surface area contributed by atoms with Gasteiger partial charge in [0.1, 0.15) is 5.75 Å². The lowest BCUT2D eigenvalue weighted by atomic mass is 9.98. The van der Waals surface area contributed by atoms with Crippen molar-refractivity contribution in [1.29, 1.82) is 0 Å². The first kappa shape index (κ1) is 26.1. The monoisotopic (exact) mass is 509 g/mol. The van der Waals surface area contributed by atoms with E-state index in [1.54, 1.807) is 25.1 Å². The van der Waals surface area contributed by atoms with E-state index in [0.717, 1.165) is 4.31 Å². The summed E-state index contributed by atoms with van der Waals surface area (Å²) in [6.45, 7) is 4.48. The van der Waals surface area contributed by atoms with Gasteiger partial charge in [0.05, 0.1) is 22.3 Å². The number of anilines is 1. The first-order valence-electron chi connectivity index (χ1n) is 11.0. The van der Waals surface area contributed by atoms with Gasteiger partial charge < -0.3 is 10.1 Å². The third-order valence-electron chi connectivity index (χ3n) is 5.77. The number of benzene rings is 2. The second kappa shape index (κ2) is 10.4. The highest BCUT2D eigenvalue weighted by atomic mass is 32.2. The number of aryl methyl sites for hydroxylation is 1. The molecular weight excluding hydrogens is 478 g/mol. The second-order valence-corrected chi connectivity index (χ2v) is 12.4. The summed E-state index contributed by atoms with van der Waals surface area (Å²) < 4.78 is 59.0. The van der Waals surface area contributed by atoms with Crippen molar-refractivity contribution in [3.8, 4) is 5.75 Å². The molecule has 1 atom stereocenters. The Labute approximate surface area is 201 Å². The number of carbonyl (C=O) groups is 1. The molecule has 1 heterocycles. The molecule has 0 bridgehead atoms. The van der Waals surface area contributed by atoms with Crippen molar-refractivity contribution in [3.63, 3.8) is 0 Å². The molecule has 1 aliphatic rings. The molecule has 0 spiro atoms. The van der Waals surface area contributed by atoms with Crippen LogP contribution < -0.4 is 10.1 Å². The maximum atomic E-state index is 13.1. The number of amides is 1. The average molecular weight is 510 g/mol. The van der Waals surface area contributed by atoms with Crippen molar-refractivity contribution in [2.24, 2.45) is 5.92 Å². The molecule has 0 radical (unpaired) electrons. The summed E-state index contributed by atoms with van der Waals surface area (Å²) in [7, 11) is -4.54. The fourth-order valence-corrected chi connectivity index (χ4v) is 6.19. The predicted octanol–water partition coefficient (Wildman–Crippen LogP) is 2.68. The third-order valence-corrected chi connectivity index (χ3v) is 9.46. The fourth-order valence-electron chi connectivity index (χ4n) is 3.74. The van der Waals surface area contributed by atoms with Crippen LogP contribution in [0, 0.1) is 12.8 Å². The molecule has 1 fully saturated rings. The van der Waals surface area contributed by atoms with Crippen molar-refractivity contribution >= 4 is 31.6 Å². The number of sulfonamides is 2. The lowest BCUT2D eigenvalue weighted by Gasteiger charge is -2.31. The van der Waals surface area contributed by atoms with Crippen LogP contribution in [-0.4, -0.2) is 65.1 Å². The molecule has 2 aromatic rings. The van der Waals surface area contributed by atoms with Gasteiger partial charge in [-0.25, -0.2) is 21.1 Å². The van der Waals surface area contributed by atoms with E-state index in [2.05, 4.69) is 5.32 Å². The summed E-state index contributed by atoms with van der Waals surface area (Å²) in [5.74, 6) is -0.306. The van der Waals surface area contributed by atoms with Gasteiger partial charge in [-0.1, -0.05) is 6.07 Å². The van der Waals surface area contributed by atoms with Gasteiger partial charge in [0.15, 0.2) is 0 Å². The molecule has 1 amide bonds. The number of hydrogen-bond acceptors (Lipinski definition) is 6. The zero-order chi connectivity index (χ0) is 25.1. The molecule has 11 heteroatoms. The Bertz CT molecular complexity index is 1240. The summed E-state index contributed by atoms with van der Waals surface area (Å²) in [5, 5.41) is 2.80. The highest BCUT2D eigenvalue weighted by molar-refractivity contribution is 7.89. The van der Waals surface area contributed by atoms with Gasteiger partial charge in [-0.15, -0.1) is 0 Å². The van der Waals surface area contributed by atoms with E-state index in [-0.39, 0.29) is 22.2 Å². The minimum absolute atomic E-state index is 0.0517. The Kier molecular flexibility index (Phi) is 8.02. The van der Waals surface area contributed by atoms with Crippen LogP contribution in [0.25, 0.3) is 0 Å². The first-order chi connectivity index (χ1) is 16.0. The maximum Gasteiger partial charge on any atom is 0.243 e. The van der Waals surface area contributed by atoms with Gasteiger partial charge in [0.2, 0.25) is 26.0 Å². The van der Waals surface area contributed by atoms with Crippen LogP contribution in [0.3, 0.4) is 0 Å². The van der Waals surface area contributed by atoms with Gasteiger partial charge in [0.25, 0.3) is 0 Å². The van der Waals surface area contributed by atoms with E-state index in [1.807, 2.05) is 6.92 Å². The average Bonchev–Trinajstić information content (AvgIpc) is 2.81. The molecule has 0 aromatic heterocycles. The van der Waals surface area contributed by atoms with E-state index in [1.165, 1.54) is 42.7 Å². The van der Waals surface area contributed by atoms with E-state index < -0.39 is 26.0 Å². The molecule has 0 aliphatic carbocycles. The van der Waals surface area contributed by atoms with Gasteiger partial charge in [-0.05, 0) is 68.7 Å². The molecule has 2 aromatic carbocycles. The van der Waals surface area contributed by atoms with E-state index in [9.17, 15) is 21.6 Å². The number of nitrogens with zero attached hydrogens (tertiary/aromatic N) is 2. The molecule has 34 heavy (non-hydrogen) atoms. The molecule has 0 unspecified atom stereocenters. The normalized spacial score (nSPS) is 17.5. The Morgan fingerprint density at radius 1 is 1.09 bits per heavy atom. The standard InChI is InChI=1S/C23H31N3O6S2/c1-5-32-19-9-12-20(13-10-19)34(30,31)26-14-6-7-18(16-26)23(27)24-22-15-21(11-8-17(22)2)33(28,29)25(3)4/h8-13,15,18H,5-7,14,16H2,1-4H3,(H,24,27)/t18-/m0/s1. The highest BCUT2D eigenvalue weighted by Crippen LogP contribution is 2.27. The minimum atomic E-state index is -3.76. The highest BCUT2D eigenvalue weighted by Gasteiger charge is 2.33. The summed E-state index contributed by atoms with van der Waals surface area (Å²) >= 11 is 0. The fraction of sp³-hybridized carbons (Fsp3) is 0.435. The first-order valence-corrected chi connectivity index (χ1v) is 13.9.